The van der Waals surface area contributed by atoms with E-state index in [1.165, 1.54) is 12.8 Å². The van der Waals surface area contributed by atoms with Crippen molar-refractivity contribution >= 4 is 5.97 Å². The predicted molar refractivity (Wildman–Crippen MR) is 69.2 cm³/mol. The summed E-state index contributed by atoms with van der Waals surface area (Å²) >= 11 is 0. The number of nitrogens with zero attached hydrogens (tertiary/aromatic N) is 1. The minimum Gasteiger partial charge on any atom is -0.480 e. The molecule has 1 rings (SSSR count). The number of nitrogens with one attached hydrogen (secondary N) is 1. The third-order valence-corrected chi connectivity index (χ3v) is 3.33. The van der Waals surface area contributed by atoms with E-state index in [0.717, 1.165) is 25.4 Å². The van der Waals surface area contributed by atoms with Crippen LogP contribution in [0.4, 0.5) is 0 Å². The van der Waals surface area contributed by atoms with Gasteiger partial charge in [-0.3, -0.25) is 4.79 Å². The Morgan fingerprint density at radius 2 is 2.12 bits per heavy atom. The quantitative estimate of drug-likeness (QED) is 0.644. The van der Waals surface area contributed by atoms with Gasteiger partial charge in [-0.25, -0.2) is 0 Å². The van der Waals surface area contributed by atoms with Crippen LogP contribution in [0.25, 0.3) is 0 Å². The molecule has 0 aromatic rings. The lowest BCUT2D eigenvalue weighted by molar-refractivity contribution is -0.145. The van der Waals surface area contributed by atoms with Gasteiger partial charge >= 0.3 is 5.97 Å². The molecular formula is C13H26N2O2. The molecule has 1 saturated carbocycles. The molecule has 1 atom stereocenters. The van der Waals surface area contributed by atoms with Crippen molar-refractivity contribution in [3.05, 3.63) is 0 Å². The van der Waals surface area contributed by atoms with Gasteiger partial charge in [-0.05, 0) is 45.2 Å². The van der Waals surface area contributed by atoms with Crippen LogP contribution in [-0.2, 0) is 4.79 Å². The van der Waals surface area contributed by atoms with Crippen molar-refractivity contribution in [1.29, 1.82) is 0 Å². The molecule has 0 heterocycles. The van der Waals surface area contributed by atoms with Gasteiger partial charge in [0.25, 0.3) is 0 Å². The zero-order chi connectivity index (χ0) is 12.9. The largest absolute Gasteiger partial charge is 0.480 e. The summed E-state index contributed by atoms with van der Waals surface area (Å²) in [6.45, 7) is 9.21. The third-order valence-electron chi connectivity index (χ3n) is 3.33. The van der Waals surface area contributed by atoms with Gasteiger partial charge in [0, 0.05) is 13.1 Å². The maximum Gasteiger partial charge on any atom is 0.324 e. The Morgan fingerprint density at radius 3 is 2.53 bits per heavy atom. The summed E-state index contributed by atoms with van der Waals surface area (Å²) in [4.78, 5) is 13.7. The molecule has 0 spiro atoms. The van der Waals surface area contributed by atoms with E-state index in [0.29, 0.717) is 13.1 Å². The van der Waals surface area contributed by atoms with Crippen molar-refractivity contribution in [3.8, 4) is 0 Å². The normalized spacial score (nSPS) is 19.3. The first-order chi connectivity index (χ1) is 8.01. The second-order valence-corrected chi connectivity index (χ2v) is 5.35. The number of likely N-dealkylation sites (N-methyl/N-ethyl adjacent to an activating group) is 1. The summed E-state index contributed by atoms with van der Waals surface area (Å²) in [5.41, 5.74) is -0.821. The van der Waals surface area contributed by atoms with Crippen molar-refractivity contribution in [3.63, 3.8) is 0 Å². The lowest BCUT2D eigenvalue weighted by Gasteiger charge is -2.33. The molecule has 0 saturated heterocycles. The molecule has 100 valence electrons. The highest BCUT2D eigenvalue weighted by Crippen LogP contribution is 2.30. The third kappa shape index (κ3) is 4.64. The van der Waals surface area contributed by atoms with E-state index in [1.54, 1.807) is 6.92 Å². The van der Waals surface area contributed by atoms with Gasteiger partial charge in [0.2, 0.25) is 0 Å². The number of carboxylic acid groups (broad SMARTS) is 1. The molecule has 1 fully saturated rings. The highest BCUT2D eigenvalue weighted by atomic mass is 16.4. The van der Waals surface area contributed by atoms with Gasteiger partial charge in [-0.2, -0.15) is 0 Å². The van der Waals surface area contributed by atoms with E-state index in [2.05, 4.69) is 17.1 Å². The second kappa shape index (κ2) is 6.36. The molecule has 17 heavy (non-hydrogen) atoms. The molecular weight excluding hydrogens is 216 g/mol. The molecule has 1 aliphatic carbocycles. The summed E-state index contributed by atoms with van der Waals surface area (Å²) in [6, 6.07) is 0. The van der Waals surface area contributed by atoms with Gasteiger partial charge in [0.05, 0.1) is 0 Å². The molecule has 0 aromatic heterocycles. The van der Waals surface area contributed by atoms with Crippen LogP contribution in [0.5, 0.6) is 0 Å². The van der Waals surface area contributed by atoms with Gasteiger partial charge < -0.3 is 15.3 Å². The van der Waals surface area contributed by atoms with Crippen LogP contribution in [0, 0.1) is 5.92 Å². The summed E-state index contributed by atoms with van der Waals surface area (Å²) in [7, 11) is 0. The topological polar surface area (TPSA) is 52.6 Å². The van der Waals surface area contributed by atoms with Crippen molar-refractivity contribution in [2.24, 2.45) is 5.92 Å². The van der Waals surface area contributed by atoms with Gasteiger partial charge in [-0.15, -0.1) is 0 Å². The van der Waals surface area contributed by atoms with Gasteiger partial charge in [-0.1, -0.05) is 13.8 Å². The number of rotatable bonds is 9. The molecule has 4 nitrogen and oxygen atoms in total. The molecule has 0 bridgehead atoms. The Labute approximate surface area is 104 Å². The summed E-state index contributed by atoms with van der Waals surface area (Å²) < 4.78 is 0. The highest BCUT2D eigenvalue weighted by molar-refractivity contribution is 5.78. The van der Waals surface area contributed by atoms with Crippen LogP contribution in [0.2, 0.25) is 0 Å². The van der Waals surface area contributed by atoms with E-state index in [1.807, 2.05) is 6.92 Å². The van der Waals surface area contributed by atoms with Crippen molar-refractivity contribution in [2.45, 2.75) is 45.6 Å². The lowest BCUT2D eigenvalue weighted by atomic mass is 10.0. The zero-order valence-electron chi connectivity index (χ0n) is 11.3. The first-order valence-electron chi connectivity index (χ1n) is 6.72. The van der Waals surface area contributed by atoms with E-state index in [9.17, 15) is 9.90 Å². The fourth-order valence-corrected chi connectivity index (χ4v) is 2.25. The van der Waals surface area contributed by atoms with E-state index in [-0.39, 0.29) is 0 Å². The van der Waals surface area contributed by atoms with E-state index in [4.69, 9.17) is 0 Å². The summed E-state index contributed by atoms with van der Waals surface area (Å²) in [5.74, 6) is 0.0532. The summed E-state index contributed by atoms with van der Waals surface area (Å²) in [6.07, 6.45) is 3.70. The lowest BCUT2D eigenvalue weighted by Crippen LogP contribution is -2.57. The highest BCUT2D eigenvalue weighted by Gasteiger charge is 2.35. The van der Waals surface area contributed by atoms with E-state index < -0.39 is 11.5 Å². The Hall–Kier alpha value is -0.610. The van der Waals surface area contributed by atoms with Crippen LogP contribution in [0.1, 0.15) is 40.0 Å². The first kappa shape index (κ1) is 14.5. The standard InChI is InChI=1S/C13H26N2O2/c1-4-8-15(9-11-6-7-11)10-13(3,12(16)17)14-5-2/h11,14H,4-10H2,1-3H3,(H,16,17). The number of hydrogen-bond acceptors (Lipinski definition) is 3. The second-order valence-electron chi connectivity index (χ2n) is 5.35. The van der Waals surface area contributed by atoms with Crippen LogP contribution < -0.4 is 5.32 Å². The van der Waals surface area contributed by atoms with Gasteiger partial charge in [0.1, 0.15) is 5.54 Å². The number of hydrogen-bond donors (Lipinski definition) is 2. The minimum absolute atomic E-state index is 0.598. The SMILES string of the molecule is CCCN(CC1CC1)CC(C)(NCC)C(=O)O. The van der Waals surface area contributed by atoms with Crippen LogP contribution in [-0.4, -0.2) is 47.7 Å². The van der Waals surface area contributed by atoms with E-state index >= 15 is 0 Å². The maximum atomic E-state index is 11.4. The molecule has 0 radical (unpaired) electrons. The van der Waals surface area contributed by atoms with Crippen molar-refractivity contribution in [1.82, 2.24) is 10.2 Å². The Kier molecular flexibility index (Phi) is 5.40. The van der Waals surface area contributed by atoms with Crippen molar-refractivity contribution < 1.29 is 9.90 Å². The Bertz CT molecular complexity index is 254. The monoisotopic (exact) mass is 242 g/mol. The Morgan fingerprint density at radius 1 is 1.47 bits per heavy atom. The van der Waals surface area contributed by atoms with Crippen LogP contribution in [0.3, 0.4) is 0 Å². The smallest absolute Gasteiger partial charge is 0.324 e. The molecule has 1 aliphatic rings. The average molecular weight is 242 g/mol. The molecule has 2 N–H and O–H groups in total. The average Bonchev–Trinajstić information content (AvgIpc) is 3.02. The molecule has 0 aromatic carbocycles. The fraction of sp³-hybridized carbons (Fsp3) is 0.923. The molecule has 0 aliphatic heterocycles. The number of carboxylic acids is 1. The predicted octanol–water partition coefficient (Wildman–Crippen LogP) is 1.56. The van der Waals surface area contributed by atoms with Gasteiger partial charge in [0.15, 0.2) is 0 Å². The molecule has 1 unspecified atom stereocenters. The first-order valence-corrected chi connectivity index (χ1v) is 6.72. The molecule has 4 heteroatoms. The summed E-state index contributed by atoms with van der Waals surface area (Å²) in [5, 5.41) is 12.4. The zero-order valence-corrected chi connectivity index (χ0v) is 11.3. The number of carbonyl (C=O) groups is 1. The Balaban J connectivity index is 2.56. The minimum atomic E-state index is -0.821. The fourth-order valence-electron chi connectivity index (χ4n) is 2.25. The number of aliphatic carboxylic acids is 1. The molecule has 0 amide bonds. The van der Waals surface area contributed by atoms with Crippen molar-refractivity contribution in [2.75, 3.05) is 26.2 Å². The van der Waals surface area contributed by atoms with Crippen LogP contribution >= 0.6 is 0 Å². The van der Waals surface area contributed by atoms with Crippen LogP contribution in [0.15, 0.2) is 0 Å². The maximum absolute atomic E-state index is 11.4.